The summed E-state index contributed by atoms with van der Waals surface area (Å²) in [7, 11) is 1.71. The number of anilines is 1. The molecule has 1 aliphatic carbocycles. The Morgan fingerprint density at radius 3 is 2.42 bits per heavy atom. The van der Waals surface area contributed by atoms with E-state index < -0.39 is 11.6 Å². The van der Waals surface area contributed by atoms with E-state index in [4.69, 9.17) is 23.2 Å². The van der Waals surface area contributed by atoms with E-state index in [0.717, 1.165) is 30.9 Å². The molecule has 0 heterocycles. The molecule has 136 valence electrons. The van der Waals surface area contributed by atoms with Crippen LogP contribution in [-0.4, -0.2) is 12.2 Å². The lowest BCUT2D eigenvalue weighted by atomic mass is 9.89. The largest absolute Gasteiger partial charge is 0.508 e. The summed E-state index contributed by atoms with van der Waals surface area (Å²) in [6, 6.07) is 7.05. The van der Waals surface area contributed by atoms with Crippen LogP contribution in [0.4, 0.5) is 14.5 Å². The molecule has 1 aliphatic rings. The second kappa shape index (κ2) is 7.68. The molecular formula is C20H17Cl2F2NO. The van der Waals surface area contributed by atoms with Crippen LogP contribution in [0.15, 0.2) is 47.7 Å². The zero-order valence-corrected chi connectivity index (χ0v) is 15.6. The fraction of sp³-hybridized carbons (Fsp3) is 0.200. The van der Waals surface area contributed by atoms with Crippen molar-refractivity contribution in [3.05, 3.63) is 80.5 Å². The summed E-state index contributed by atoms with van der Waals surface area (Å²) < 4.78 is 28.1. The molecule has 0 saturated heterocycles. The van der Waals surface area contributed by atoms with Crippen molar-refractivity contribution < 1.29 is 13.9 Å². The molecule has 0 unspecified atom stereocenters. The smallest absolute Gasteiger partial charge is 0.144 e. The van der Waals surface area contributed by atoms with Gasteiger partial charge in [-0.05, 0) is 54.7 Å². The van der Waals surface area contributed by atoms with Gasteiger partial charge in [-0.3, -0.25) is 0 Å². The molecular weight excluding hydrogens is 379 g/mol. The number of benzene rings is 2. The van der Waals surface area contributed by atoms with E-state index in [1.54, 1.807) is 25.2 Å². The van der Waals surface area contributed by atoms with Crippen molar-refractivity contribution in [1.29, 1.82) is 0 Å². The van der Waals surface area contributed by atoms with Crippen LogP contribution in [0.5, 0.6) is 0 Å². The van der Waals surface area contributed by atoms with E-state index in [2.05, 4.69) is 5.32 Å². The first-order valence-electron chi connectivity index (χ1n) is 8.16. The summed E-state index contributed by atoms with van der Waals surface area (Å²) in [4.78, 5) is 0. The Balaban J connectivity index is 2.25. The first-order chi connectivity index (χ1) is 12.4. The van der Waals surface area contributed by atoms with Gasteiger partial charge in [0, 0.05) is 35.0 Å². The summed E-state index contributed by atoms with van der Waals surface area (Å²) in [5.41, 5.74) is 2.67. The highest BCUT2D eigenvalue weighted by Crippen LogP contribution is 2.37. The number of halogens is 4. The lowest BCUT2D eigenvalue weighted by Gasteiger charge is -2.19. The Bertz CT molecular complexity index is 916. The van der Waals surface area contributed by atoms with Crippen LogP contribution >= 0.6 is 23.2 Å². The van der Waals surface area contributed by atoms with Crippen molar-refractivity contribution in [2.75, 3.05) is 12.4 Å². The molecule has 3 rings (SSSR count). The van der Waals surface area contributed by atoms with Gasteiger partial charge < -0.3 is 10.4 Å². The minimum Gasteiger partial charge on any atom is -0.508 e. The predicted molar refractivity (Wildman–Crippen MR) is 103 cm³/mol. The molecule has 26 heavy (non-hydrogen) atoms. The highest BCUT2D eigenvalue weighted by atomic mass is 35.5. The summed E-state index contributed by atoms with van der Waals surface area (Å²) in [6.45, 7) is 0. The molecule has 2 aromatic carbocycles. The maximum Gasteiger partial charge on any atom is 0.144 e. The maximum atomic E-state index is 14.5. The minimum atomic E-state index is -0.834. The molecule has 2 nitrogen and oxygen atoms in total. The van der Waals surface area contributed by atoms with Gasteiger partial charge in [0.15, 0.2) is 0 Å². The average molecular weight is 396 g/mol. The quantitative estimate of drug-likeness (QED) is 0.443. The van der Waals surface area contributed by atoms with Crippen molar-refractivity contribution in [2.45, 2.75) is 19.3 Å². The molecule has 2 aromatic rings. The van der Waals surface area contributed by atoms with Crippen LogP contribution in [0.1, 0.15) is 30.4 Å². The third kappa shape index (κ3) is 3.71. The monoisotopic (exact) mass is 395 g/mol. The zero-order chi connectivity index (χ0) is 18.8. The van der Waals surface area contributed by atoms with E-state index in [-0.39, 0.29) is 16.3 Å². The number of allylic oxidation sites excluding steroid dienone is 2. The highest BCUT2D eigenvalue weighted by Gasteiger charge is 2.19. The number of hydrogen-bond donors (Lipinski definition) is 2. The molecule has 0 atom stereocenters. The van der Waals surface area contributed by atoms with Gasteiger partial charge in [0.25, 0.3) is 0 Å². The Morgan fingerprint density at radius 2 is 1.81 bits per heavy atom. The van der Waals surface area contributed by atoms with E-state index >= 15 is 0 Å². The van der Waals surface area contributed by atoms with Gasteiger partial charge in [-0.15, -0.1) is 0 Å². The summed E-state index contributed by atoms with van der Waals surface area (Å²) in [5.74, 6) is -1.50. The first-order valence-corrected chi connectivity index (χ1v) is 8.91. The van der Waals surface area contributed by atoms with E-state index in [1.165, 1.54) is 12.1 Å². The van der Waals surface area contributed by atoms with Gasteiger partial charge in [-0.25, -0.2) is 8.78 Å². The van der Waals surface area contributed by atoms with Gasteiger partial charge >= 0.3 is 0 Å². The highest BCUT2D eigenvalue weighted by molar-refractivity contribution is 6.31. The number of rotatable bonds is 4. The number of aliphatic hydroxyl groups is 1. The van der Waals surface area contributed by atoms with Gasteiger partial charge in [0.1, 0.15) is 17.4 Å². The molecule has 0 aromatic heterocycles. The standard InChI is InChI=1S/C20H17Cl2F2NO/c1-25-19-7-12(21)5-6-13(19)14(9-20(26)11-3-2-4-11)15-8-16(22)18(24)10-17(15)23/h5-10,25-26H,2-4H2,1H3/b14-9-. The Morgan fingerprint density at radius 1 is 1.08 bits per heavy atom. The number of aliphatic hydroxyl groups excluding tert-OH is 1. The molecule has 0 aliphatic heterocycles. The van der Waals surface area contributed by atoms with E-state index in [1.807, 2.05) is 0 Å². The van der Waals surface area contributed by atoms with Crippen LogP contribution in [0.3, 0.4) is 0 Å². The number of hydrogen-bond acceptors (Lipinski definition) is 2. The van der Waals surface area contributed by atoms with Gasteiger partial charge in [-0.2, -0.15) is 0 Å². The summed E-state index contributed by atoms with van der Waals surface area (Å²) in [5, 5.41) is 13.8. The zero-order valence-electron chi connectivity index (χ0n) is 14.0. The fourth-order valence-corrected chi connectivity index (χ4v) is 3.17. The van der Waals surface area contributed by atoms with Crippen LogP contribution in [0.25, 0.3) is 5.57 Å². The van der Waals surface area contributed by atoms with Gasteiger partial charge in [-0.1, -0.05) is 29.3 Å². The molecule has 0 amide bonds. The molecule has 6 heteroatoms. The Labute approximate surface area is 160 Å². The number of nitrogens with one attached hydrogen (secondary N) is 1. The average Bonchev–Trinajstić information content (AvgIpc) is 2.55. The molecule has 1 fully saturated rings. The third-order valence-electron chi connectivity index (χ3n) is 4.44. The van der Waals surface area contributed by atoms with Crippen molar-refractivity contribution in [1.82, 2.24) is 0 Å². The summed E-state index contributed by atoms with van der Waals surface area (Å²) in [6.07, 6.45) is 4.14. The molecule has 2 N–H and O–H groups in total. The topological polar surface area (TPSA) is 32.3 Å². The van der Waals surface area contributed by atoms with Gasteiger partial charge in [0.2, 0.25) is 0 Å². The SMILES string of the molecule is CNc1cc(Cl)ccc1/C(=C/C(O)=C1CCC1)c1cc(Cl)c(F)cc1F. The second-order valence-electron chi connectivity index (χ2n) is 6.09. The molecule has 0 bridgehead atoms. The lowest BCUT2D eigenvalue weighted by molar-refractivity contribution is 0.407. The van der Waals surface area contributed by atoms with E-state index in [9.17, 15) is 13.9 Å². The molecule has 0 radical (unpaired) electrons. The second-order valence-corrected chi connectivity index (χ2v) is 6.93. The first kappa shape index (κ1) is 18.7. The van der Waals surface area contributed by atoms with Crippen LogP contribution in [0.2, 0.25) is 10.0 Å². The Hall–Kier alpha value is -2.04. The maximum absolute atomic E-state index is 14.5. The van der Waals surface area contributed by atoms with Gasteiger partial charge in [0.05, 0.1) is 5.02 Å². The molecule has 0 spiro atoms. The third-order valence-corrected chi connectivity index (χ3v) is 4.97. The van der Waals surface area contributed by atoms with Crippen molar-refractivity contribution in [3.8, 4) is 0 Å². The van der Waals surface area contributed by atoms with Crippen LogP contribution in [0, 0.1) is 11.6 Å². The Kier molecular flexibility index (Phi) is 5.54. The van der Waals surface area contributed by atoms with E-state index in [0.29, 0.717) is 21.8 Å². The van der Waals surface area contributed by atoms with Crippen LogP contribution in [-0.2, 0) is 0 Å². The van der Waals surface area contributed by atoms with Crippen molar-refractivity contribution in [3.63, 3.8) is 0 Å². The predicted octanol–water partition coefficient (Wildman–Crippen LogP) is 6.74. The summed E-state index contributed by atoms with van der Waals surface area (Å²) >= 11 is 11.9. The van der Waals surface area contributed by atoms with Crippen molar-refractivity contribution in [2.24, 2.45) is 0 Å². The minimum absolute atomic E-state index is 0.0988. The van der Waals surface area contributed by atoms with Crippen LogP contribution < -0.4 is 5.32 Å². The fourth-order valence-electron chi connectivity index (χ4n) is 2.84. The van der Waals surface area contributed by atoms with Crippen molar-refractivity contribution >= 4 is 34.5 Å². The normalized spacial score (nSPS) is 14.2. The molecule has 1 saturated carbocycles. The lowest BCUT2D eigenvalue weighted by Crippen LogP contribution is -2.03.